The first-order chi connectivity index (χ1) is 15.0. The van der Waals surface area contributed by atoms with Crippen molar-refractivity contribution in [3.05, 3.63) is 71.3 Å². The molecule has 0 radical (unpaired) electrons. The number of nitrogens with zero attached hydrogens (tertiary/aromatic N) is 3. The maximum Gasteiger partial charge on any atom is 0.251 e. The molecule has 0 spiro atoms. The fourth-order valence-electron chi connectivity index (χ4n) is 2.90. The molecule has 3 N–H and O–H groups in total. The van der Waals surface area contributed by atoms with Crippen LogP contribution < -0.4 is 11.1 Å². The number of amides is 2. The molecule has 0 saturated carbocycles. The van der Waals surface area contributed by atoms with Crippen molar-refractivity contribution in [1.29, 1.82) is 0 Å². The van der Waals surface area contributed by atoms with Crippen LogP contribution in [-0.4, -0.2) is 31.8 Å². The lowest BCUT2D eigenvalue weighted by atomic mass is 10.2. The number of primary amides is 1. The monoisotopic (exact) mass is 453 g/mol. The van der Waals surface area contributed by atoms with Crippen LogP contribution in [-0.2, 0) is 11.3 Å². The topological polar surface area (TPSA) is 116 Å². The van der Waals surface area contributed by atoms with Crippen molar-refractivity contribution in [3.8, 4) is 11.6 Å². The predicted molar refractivity (Wildman–Crippen MR) is 120 cm³/mol. The molecule has 3 heterocycles. The van der Waals surface area contributed by atoms with Crippen LogP contribution in [0.1, 0.15) is 22.8 Å². The number of furan rings is 1. The van der Waals surface area contributed by atoms with Crippen molar-refractivity contribution < 1.29 is 14.0 Å². The lowest BCUT2D eigenvalue weighted by Gasteiger charge is -2.13. The summed E-state index contributed by atoms with van der Waals surface area (Å²) in [6.45, 7) is 2.29. The van der Waals surface area contributed by atoms with Crippen LogP contribution in [0.5, 0.6) is 0 Å². The van der Waals surface area contributed by atoms with Crippen LogP contribution in [0.3, 0.4) is 0 Å². The second kappa shape index (κ2) is 9.19. The van der Waals surface area contributed by atoms with Gasteiger partial charge < -0.3 is 15.5 Å². The summed E-state index contributed by atoms with van der Waals surface area (Å²) in [4.78, 5) is 24.2. The molecule has 1 aromatic carbocycles. The zero-order chi connectivity index (χ0) is 21.8. The Labute approximate surface area is 186 Å². The Bertz CT molecular complexity index is 1190. The van der Waals surface area contributed by atoms with E-state index in [-0.39, 0.29) is 5.91 Å². The van der Waals surface area contributed by atoms with E-state index in [9.17, 15) is 9.59 Å². The van der Waals surface area contributed by atoms with Gasteiger partial charge in [0.1, 0.15) is 5.00 Å². The minimum atomic E-state index is -0.581. The summed E-state index contributed by atoms with van der Waals surface area (Å²) in [5.41, 5.74) is 6.72. The molecule has 0 bridgehead atoms. The molecule has 0 aliphatic rings. The van der Waals surface area contributed by atoms with Gasteiger partial charge in [0.05, 0.1) is 23.6 Å². The van der Waals surface area contributed by atoms with Crippen molar-refractivity contribution in [2.45, 2.75) is 23.9 Å². The lowest BCUT2D eigenvalue weighted by Crippen LogP contribution is -2.24. The number of nitrogens with two attached hydrogens (primary N) is 1. The Balaban J connectivity index is 1.56. The lowest BCUT2D eigenvalue weighted by molar-refractivity contribution is -0.115. The number of thioether (sulfide) groups is 1. The minimum absolute atomic E-state index is 0.260. The second-order valence-corrected chi connectivity index (χ2v) is 8.86. The molecule has 158 valence electrons. The SMILES string of the molecule is C[C@H](Sc1nnc(-c2ccco2)n1Cc1ccccc1)C(=O)Nc1sccc1C(N)=O. The van der Waals surface area contributed by atoms with E-state index in [4.69, 9.17) is 10.2 Å². The molecule has 10 heteroatoms. The standard InChI is InChI=1S/C21H19N5O3S2/c1-13(19(28)23-20-15(17(22)27)9-11-30-20)31-21-25-24-18(16-8-5-10-29-16)26(21)12-14-6-3-2-4-7-14/h2-11,13H,12H2,1H3,(H2,22,27)(H,23,28)/t13-/m0/s1. The highest BCUT2D eigenvalue weighted by Crippen LogP contribution is 2.29. The van der Waals surface area contributed by atoms with Gasteiger partial charge in [0.15, 0.2) is 10.9 Å². The third-order valence-corrected chi connectivity index (χ3v) is 6.37. The Hall–Kier alpha value is -3.37. The van der Waals surface area contributed by atoms with E-state index >= 15 is 0 Å². The summed E-state index contributed by atoms with van der Waals surface area (Å²) in [7, 11) is 0. The number of carbonyl (C=O) groups excluding carboxylic acids is 2. The second-order valence-electron chi connectivity index (χ2n) is 6.63. The minimum Gasteiger partial charge on any atom is -0.461 e. The zero-order valence-corrected chi connectivity index (χ0v) is 18.2. The van der Waals surface area contributed by atoms with Crippen LogP contribution >= 0.6 is 23.1 Å². The first-order valence-corrected chi connectivity index (χ1v) is 11.1. The van der Waals surface area contributed by atoms with Crippen molar-refractivity contribution in [2.24, 2.45) is 5.73 Å². The quantitative estimate of drug-likeness (QED) is 0.391. The number of hydrogen-bond acceptors (Lipinski definition) is 7. The molecule has 2 amide bonds. The van der Waals surface area contributed by atoms with E-state index in [1.807, 2.05) is 41.0 Å². The van der Waals surface area contributed by atoms with Crippen LogP contribution in [0.2, 0.25) is 0 Å². The predicted octanol–water partition coefficient (Wildman–Crippen LogP) is 3.87. The summed E-state index contributed by atoms with van der Waals surface area (Å²) >= 11 is 2.53. The number of aromatic nitrogens is 3. The Kier molecular flexibility index (Phi) is 6.19. The fourth-order valence-corrected chi connectivity index (χ4v) is 4.54. The van der Waals surface area contributed by atoms with E-state index in [1.165, 1.54) is 23.1 Å². The van der Waals surface area contributed by atoms with Gasteiger partial charge in [-0.15, -0.1) is 21.5 Å². The van der Waals surface area contributed by atoms with Crippen LogP contribution in [0.25, 0.3) is 11.6 Å². The molecule has 0 fully saturated rings. The zero-order valence-electron chi connectivity index (χ0n) is 16.5. The van der Waals surface area contributed by atoms with Gasteiger partial charge in [-0.05, 0) is 36.1 Å². The molecule has 4 rings (SSSR count). The van der Waals surface area contributed by atoms with Crippen molar-refractivity contribution in [3.63, 3.8) is 0 Å². The first kappa shape index (κ1) is 20.9. The highest BCUT2D eigenvalue weighted by Gasteiger charge is 2.23. The summed E-state index contributed by atoms with van der Waals surface area (Å²) < 4.78 is 7.43. The number of benzene rings is 1. The highest BCUT2D eigenvalue weighted by atomic mass is 32.2. The molecule has 3 aromatic heterocycles. The molecule has 0 aliphatic heterocycles. The third-order valence-electron chi connectivity index (χ3n) is 4.46. The number of thiophene rings is 1. The van der Waals surface area contributed by atoms with Gasteiger partial charge in [-0.3, -0.25) is 14.2 Å². The van der Waals surface area contributed by atoms with Crippen LogP contribution in [0, 0.1) is 0 Å². The maximum absolute atomic E-state index is 12.7. The average molecular weight is 454 g/mol. The van der Waals surface area contributed by atoms with Gasteiger partial charge in [0.25, 0.3) is 5.91 Å². The number of nitrogens with one attached hydrogen (secondary N) is 1. The molecule has 0 unspecified atom stereocenters. The van der Waals surface area contributed by atoms with Gasteiger partial charge in [0.2, 0.25) is 11.7 Å². The van der Waals surface area contributed by atoms with E-state index in [2.05, 4.69) is 15.5 Å². The van der Waals surface area contributed by atoms with E-state index in [0.717, 1.165) is 5.56 Å². The van der Waals surface area contributed by atoms with Gasteiger partial charge in [-0.1, -0.05) is 42.1 Å². The Morgan fingerprint density at radius 1 is 1.19 bits per heavy atom. The third kappa shape index (κ3) is 4.70. The molecule has 31 heavy (non-hydrogen) atoms. The largest absolute Gasteiger partial charge is 0.461 e. The maximum atomic E-state index is 12.7. The van der Waals surface area contributed by atoms with Crippen molar-refractivity contribution in [2.75, 3.05) is 5.32 Å². The Morgan fingerprint density at radius 2 is 2.00 bits per heavy atom. The molecule has 8 nitrogen and oxygen atoms in total. The van der Waals surface area contributed by atoms with Crippen molar-refractivity contribution in [1.82, 2.24) is 14.8 Å². The van der Waals surface area contributed by atoms with Gasteiger partial charge in [0, 0.05) is 0 Å². The van der Waals surface area contributed by atoms with Crippen LogP contribution in [0.15, 0.2) is 69.7 Å². The smallest absolute Gasteiger partial charge is 0.251 e. The summed E-state index contributed by atoms with van der Waals surface area (Å²) in [6.07, 6.45) is 1.58. The number of rotatable bonds is 8. The van der Waals surface area contributed by atoms with Gasteiger partial charge in [-0.25, -0.2) is 0 Å². The normalized spacial score (nSPS) is 11.9. The first-order valence-electron chi connectivity index (χ1n) is 9.38. The molecule has 4 aromatic rings. The fraction of sp³-hybridized carbons (Fsp3) is 0.143. The number of hydrogen-bond donors (Lipinski definition) is 2. The molecule has 1 atom stereocenters. The summed E-state index contributed by atoms with van der Waals surface area (Å²) in [6, 6.07) is 15.1. The summed E-state index contributed by atoms with van der Waals surface area (Å²) in [5.74, 6) is 0.335. The summed E-state index contributed by atoms with van der Waals surface area (Å²) in [5, 5.41) is 13.6. The molecule has 0 saturated heterocycles. The molecule has 0 aliphatic carbocycles. The van der Waals surface area contributed by atoms with Crippen molar-refractivity contribution >= 4 is 39.9 Å². The number of anilines is 1. The Morgan fingerprint density at radius 3 is 2.71 bits per heavy atom. The van der Waals surface area contributed by atoms with Crippen LogP contribution in [0.4, 0.5) is 5.00 Å². The number of carbonyl (C=O) groups is 2. The highest BCUT2D eigenvalue weighted by molar-refractivity contribution is 8.00. The molecular formula is C21H19N5O3S2. The molecular weight excluding hydrogens is 434 g/mol. The average Bonchev–Trinajstić information content (AvgIpc) is 3.50. The van der Waals surface area contributed by atoms with Gasteiger partial charge >= 0.3 is 0 Å². The van der Waals surface area contributed by atoms with Gasteiger partial charge in [-0.2, -0.15) is 0 Å². The van der Waals surface area contributed by atoms with E-state index < -0.39 is 11.2 Å². The van der Waals surface area contributed by atoms with E-state index in [1.54, 1.807) is 30.7 Å². The van der Waals surface area contributed by atoms with E-state index in [0.29, 0.717) is 33.9 Å².